The van der Waals surface area contributed by atoms with E-state index in [1.54, 1.807) is 6.08 Å². The number of nitrogens with one attached hydrogen (secondary N) is 1. The van der Waals surface area contributed by atoms with Crippen molar-refractivity contribution in [2.45, 2.75) is 20.0 Å². The Hall–Kier alpha value is -3.84. The zero-order valence-corrected chi connectivity index (χ0v) is 17.1. The molecular weight excluding hydrogens is 370 g/mol. The predicted octanol–water partition coefficient (Wildman–Crippen LogP) is 4.94. The van der Waals surface area contributed by atoms with E-state index >= 15 is 0 Å². The Morgan fingerprint density at radius 2 is 1.53 bits per heavy atom. The standard InChI is InChI=1S/C26H25N3O/c1-2-29(20-23-11-7-4-8-12-23)25-15-13-21(14-16-25)17-24(18-27)26(30)28-19-22-9-5-3-6-10-22/h3-17H,2,19-20H2,1H3,(H,28,30)/b24-17+. The van der Waals surface area contributed by atoms with Gasteiger partial charge in [0.25, 0.3) is 5.91 Å². The fourth-order valence-electron chi connectivity index (χ4n) is 3.16. The first-order chi connectivity index (χ1) is 14.7. The maximum Gasteiger partial charge on any atom is 0.262 e. The minimum atomic E-state index is -0.371. The lowest BCUT2D eigenvalue weighted by Gasteiger charge is -2.23. The van der Waals surface area contributed by atoms with Crippen LogP contribution in [0, 0.1) is 11.3 Å². The molecule has 0 heterocycles. The molecule has 150 valence electrons. The van der Waals surface area contributed by atoms with E-state index < -0.39 is 0 Å². The van der Waals surface area contributed by atoms with E-state index in [9.17, 15) is 10.1 Å². The van der Waals surface area contributed by atoms with Gasteiger partial charge in [-0.3, -0.25) is 4.79 Å². The molecule has 3 rings (SSSR count). The highest BCUT2D eigenvalue weighted by atomic mass is 16.1. The number of carbonyl (C=O) groups excluding carboxylic acids is 1. The van der Waals surface area contributed by atoms with Crippen molar-refractivity contribution < 1.29 is 4.79 Å². The van der Waals surface area contributed by atoms with Gasteiger partial charge in [0.2, 0.25) is 0 Å². The summed E-state index contributed by atoms with van der Waals surface area (Å²) in [5.41, 5.74) is 4.26. The van der Waals surface area contributed by atoms with Gasteiger partial charge in [0, 0.05) is 25.3 Å². The summed E-state index contributed by atoms with van der Waals surface area (Å²) in [6.45, 7) is 4.23. The zero-order chi connectivity index (χ0) is 21.2. The molecule has 30 heavy (non-hydrogen) atoms. The summed E-state index contributed by atoms with van der Waals surface area (Å²) >= 11 is 0. The van der Waals surface area contributed by atoms with Crippen LogP contribution < -0.4 is 10.2 Å². The van der Waals surface area contributed by atoms with E-state index in [1.165, 1.54) is 5.56 Å². The molecule has 0 saturated heterocycles. The number of amides is 1. The van der Waals surface area contributed by atoms with Crippen molar-refractivity contribution in [1.82, 2.24) is 5.32 Å². The molecule has 0 aromatic heterocycles. The Bertz CT molecular complexity index is 1020. The first-order valence-electron chi connectivity index (χ1n) is 10.0. The Morgan fingerprint density at radius 1 is 0.933 bits per heavy atom. The van der Waals surface area contributed by atoms with E-state index in [1.807, 2.05) is 78.9 Å². The molecular formula is C26H25N3O. The third-order valence-corrected chi connectivity index (χ3v) is 4.83. The van der Waals surface area contributed by atoms with Gasteiger partial charge in [0.15, 0.2) is 0 Å². The average Bonchev–Trinajstić information content (AvgIpc) is 2.81. The second kappa shape index (κ2) is 10.6. The van der Waals surface area contributed by atoms with Crippen molar-refractivity contribution in [3.63, 3.8) is 0 Å². The normalized spacial score (nSPS) is 10.9. The number of nitrogens with zero attached hydrogens (tertiary/aromatic N) is 2. The third kappa shape index (κ3) is 5.83. The van der Waals surface area contributed by atoms with Crippen LogP contribution in [0.1, 0.15) is 23.6 Å². The van der Waals surface area contributed by atoms with Crippen LogP contribution in [-0.2, 0) is 17.9 Å². The first kappa shape index (κ1) is 20.9. The lowest BCUT2D eigenvalue weighted by atomic mass is 10.1. The van der Waals surface area contributed by atoms with Crippen LogP contribution in [0.2, 0.25) is 0 Å². The zero-order valence-electron chi connectivity index (χ0n) is 17.1. The average molecular weight is 396 g/mol. The smallest absolute Gasteiger partial charge is 0.262 e. The molecule has 0 atom stereocenters. The molecule has 0 bridgehead atoms. The van der Waals surface area contributed by atoms with Gasteiger partial charge < -0.3 is 10.2 Å². The number of anilines is 1. The van der Waals surface area contributed by atoms with Crippen molar-refractivity contribution in [2.24, 2.45) is 0 Å². The number of hydrogen-bond donors (Lipinski definition) is 1. The van der Waals surface area contributed by atoms with E-state index in [-0.39, 0.29) is 11.5 Å². The maximum atomic E-state index is 12.4. The lowest BCUT2D eigenvalue weighted by molar-refractivity contribution is -0.117. The first-order valence-corrected chi connectivity index (χ1v) is 10.0. The summed E-state index contributed by atoms with van der Waals surface area (Å²) in [5, 5.41) is 12.2. The molecule has 0 radical (unpaired) electrons. The van der Waals surface area contributed by atoms with Gasteiger partial charge in [-0.2, -0.15) is 5.26 Å². The summed E-state index contributed by atoms with van der Waals surface area (Å²) < 4.78 is 0. The molecule has 1 amide bonds. The van der Waals surface area contributed by atoms with Crippen LogP contribution in [0.15, 0.2) is 90.5 Å². The molecule has 0 spiro atoms. The minimum absolute atomic E-state index is 0.0929. The van der Waals surface area contributed by atoms with Crippen molar-refractivity contribution >= 4 is 17.7 Å². The van der Waals surface area contributed by atoms with E-state index in [2.05, 4.69) is 29.3 Å². The van der Waals surface area contributed by atoms with Gasteiger partial charge in [-0.25, -0.2) is 0 Å². The maximum absolute atomic E-state index is 12.4. The van der Waals surface area contributed by atoms with Crippen LogP contribution in [0.25, 0.3) is 6.08 Å². The SMILES string of the molecule is CCN(Cc1ccccc1)c1ccc(/C=C(\C#N)C(=O)NCc2ccccc2)cc1. The Labute approximate surface area is 178 Å². The van der Waals surface area contributed by atoms with E-state index in [4.69, 9.17) is 0 Å². The second-order valence-electron chi connectivity index (χ2n) is 6.93. The largest absolute Gasteiger partial charge is 0.367 e. The Kier molecular flexibility index (Phi) is 7.40. The van der Waals surface area contributed by atoms with Crippen molar-refractivity contribution in [3.05, 3.63) is 107 Å². The number of carbonyl (C=O) groups is 1. The van der Waals surface area contributed by atoms with Gasteiger partial charge in [-0.15, -0.1) is 0 Å². The summed E-state index contributed by atoms with van der Waals surface area (Å²) in [6.07, 6.45) is 1.62. The molecule has 0 fully saturated rings. The highest BCUT2D eigenvalue weighted by molar-refractivity contribution is 6.01. The number of nitriles is 1. The van der Waals surface area contributed by atoms with E-state index in [0.29, 0.717) is 6.54 Å². The summed E-state index contributed by atoms with van der Waals surface area (Å²) in [4.78, 5) is 14.6. The molecule has 0 unspecified atom stereocenters. The topological polar surface area (TPSA) is 56.1 Å². The van der Waals surface area contributed by atoms with Crippen molar-refractivity contribution in [1.29, 1.82) is 5.26 Å². The highest BCUT2D eigenvalue weighted by Crippen LogP contribution is 2.19. The molecule has 4 heteroatoms. The van der Waals surface area contributed by atoms with Crippen LogP contribution >= 0.6 is 0 Å². The van der Waals surface area contributed by atoms with Gasteiger partial charge >= 0.3 is 0 Å². The molecule has 3 aromatic rings. The lowest BCUT2D eigenvalue weighted by Crippen LogP contribution is -2.23. The third-order valence-electron chi connectivity index (χ3n) is 4.83. The predicted molar refractivity (Wildman–Crippen MR) is 121 cm³/mol. The molecule has 0 aliphatic rings. The minimum Gasteiger partial charge on any atom is -0.367 e. The summed E-state index contributed by atoms with van der Waals surface area (Å²) in [5.74, 6) is -0.371. The van der Waals surface area contributed by atoms with Crippen molar-refractivity contribution in [3.8, 4) is 6.07 Å². The molecule has 0 aliphatic carbocycles. The number of benzene rings is 3. The molecule has 4 nitrogen and oxygen atoms in total. The van der Waals surface area contributed by atoms with Crippen LogP contribution in [0.4, 0.5) is 5.69 Å². The quantitative estimate of drug-likeness (QED) is 0.434. The van der Waals surface area contributed by atoms with Crippen LogP contribution in [-0.4, -0.2) is 12.5 Å². The van der Waals surface area contributed by atoms with Gasteiger partial charge in [0.05, 0.1) is 0 Å². The molecule has 3 aromatic carbocycles. The number of rotatable bonds is 8. The highest BCUT2D eigenvalue weighted by Gasteiger charge is 2.09. The fourth-order valence-corrected chi connectivity index (χ4v) is 3.16. The molecule has 1 N–H and O–H groups in total. The van der Waals surface area contributed by atoms with Gasteiger partial charge in [-0.05, 0) is 41.8 Å². The van der Waals surface area contributed by atoms with Gasteiger partial charge in [0.1, 0.15) is 11.6 Å². The Morgan fingerprint density at radius 3 is 2.10 bits per heavy atom. The molecule has 0 aliphatic heterocycles. The number of hydrogen-bond acceptors (Lipinski definition) is 3. The second-order valence-corrected chi connectivity index (χ2v) is 6.93. The fraction of sp³-hybridized carbons (Fsp3) is 0.154. The Balaban J connectivity index is 1.66. The van der Waals surface area contributed by atoms with Crippen molar-refractivity contribution in [2.75, 3.05) is 11.4 Å². The summed E-state index contributed by atoms with van der Waals surface area (Å²) in [7, 11) is 0. The molecule has 0 saturated carbocycles. The summed E-state index contributed by atoms with van der Waals surface area (Å²) in [6, 6.07) is 29.9. The monoisotopic (exact) mass is 395 g/mol. The van der Waals surface area contributed by atoms with Crippen LogP contribution in [0.3, 0.4) is 0 Å². The van der Waals surface area contributed by atoms with Gasteiger partial charge in [-0.1, -0.05) is 72.8 Å². The van der Waals surface area contributed by atoms with E-state index in [0.717, 1.165) is 29.9 Å². The van der Waals surface area contributed by atoms with Crippen LogP contribution in [0.5, 0.6) is 0 Å².